The van der Waals surface area contributed by atoms with E-state index >= 15 is 0 Å². The Labute approximate surface area is 97.6 Å². The van der Waals surface area contributed by atoms with Crippen LogP contribution in [0.25, 0.3) is 0 Å². The number of carbonyl (C=O) groups excluding carboxylic acids is 1. The molecule has 0 saturated carbocycles. The molecule has 0 aliphatic rings. The number of aliphatic hydroxyl groups excluding tert-OH is 1. The van der Waals surface area contributed by atoms with Crippen molar-refractivity contribution < 1.29 is 9.90 Å². The van der Waals surface area contributed by atoms with Crippen LogP contribution >= 0.6 is 23.2 Å². The number of nitrogens with one attached hydrogen (secondary N) is 2. The molecule has 0 radical (unpaired) electrons. The van der Waals surface area contributed by atoms with Crippen LogP contribution in [-0.4, -0.2) is 28.1 Å². The first-order valence-corrected chi connectivity index (χ1v) is 5.09. The molecule has 84 valence electrons. The zero-order valence-corrected chi connectivity index (χ0v) is 9.91. The van der Waals surface area contributed by atoms with Gasteiger partial charge in [-0.05, 0) is 19.9 Å². The van der Waals surface area contributed by atoms with Crippen LogP contribution in [-0.2, 0) is 0 Å². The summed E-state index contributed by atoms with van der Waals surface area (Å²) in [4.78, 5) is 14.2. The van der Waals surface area contributed by atoms with Gasteiger partial charge in [-0.15, -0.1) is 0 Å². The minimum atomic E-state index is -0.679. The molecule has 1 amide bonds. The number of hydrogen-bond acceptors (Lipinski definition) is 2. The van der Waals surface area contributed by atoms with Crippen LogP contribution < -0.4 is 5.32 Å². The highest BCUT2D eigenvalue weighted by Gasteiger charge is 2.21. The third-order valence-electron chi connectivity index (χ3n) is 1.82. The first-order chi connectivity index (χ1) is 6.85. The highest BCUT2D eigenvalue weighted by atomic mass is 35.5. The number of H-pyrrole nitrogens is 1. The summed E-state index contributed by atoms with van der Waals surface area (Å²) in [7, 11) is 0. The van der Waals surface area contributed by atoms with Gasteiger partial charge in [0.05, 0.1) is 17.2 Å². The predicted octanol–water partition coefficient (Wildman–Crippen LogP) is 1.82. The molecule has 1 aromatic rings. The summed E-state index contributed by atoms with van der Waals surface area (Å²) in [5, 5.41) is 12.1. The van der Waals surface area contributed by atoms with Crippen molar-refractivity contribution in [3.63, 3.8) is 0 Å². The number of carbonyl (C=O) groups is 1. The molecule has 0 bridgehead atoms. The molecule has 0 aliphatic carbocycles. The lowest BCUT2D eigenvalue weighted by molar-refractivity contribution is 0.0865. The molecule has 0 spiro atoms. The monoisotopic (exact) mass is 250 g/mol. The van der Waals surface area contributed by atoms with Crippen LogP contribution in [0, 0.1) is 0 Å². The van der Waals surface area contributed by atoms with Crippen LogP contribution in [0.4, 0.5) is 0 Å². The van der Waals surface area contributed by atoms with E-state index < -0.39 is 5.54 Å². The lowest BCUT2D eigenvalue weighted by atomic mass is 10.1. The molecule has 0 atom stereocenters. The van der Waals surface area contributed by atoms with E-state index in [1.165, 1.54) is 6.07 Å². The van der Waals surface area contributed by atoms with Crippen molar-refractivity contribution >= 4 is 29.1 Å². The third-order valence-corrected chi connectivity index (χ3v) is 2.51. The zero-order valence-electron chi connectivity index (χ0n) is 8.40. The van der Waals surface area contributed by atoms with E-state index in [0.717, 1.165) is 0 Å². The van der Waals surface area contributed by atoms with Crippen LogP contribution in [0.15, 0.2) is 6.07 Å². The van der Waals surface area contributed by atoms with Gasteiger partial charge in [0.15, 0.2) is 0 Å². The molecule has 15 heavy (non-hydrogen) atoms. The van der Waals surface area contributed by atoms with Crippen molar-refractivity contribution in [2.75, 3.05) is 6.61 Å². The molecule has 1 heterocycles. The molecule has 0 fully saturated rings. The fourth-order valence-electron chi connectivity index (χ4n) is 0.941. The fourth-order valence-corrected chi connectivity index (χ4v) is 1.25. The average Bonchev–Trinajstić information content (AvgIpc) is 2.47. The summed E-state index contributed by atoms with van der Waals surface area (Å²) in [5.74, 6) is -0.358. The van der Waals surface area contributed by atoms with E-state index in [2.05, 4.69) is 10.3 Å². The minimum absolute atomic E-state index is 0.152. The lowest BCUT2D eigenvalue weighted by Crippen LogP contribution is -2.46. The van der Waals surface area contributed by atoms with E-state index in [9.17, 15) is 4.79 Å². The van der Waals surface area contributed by atoms with Crippen molar-refractivity contribution in [3.8, 4) is 0 Å². The highest BCUT2D eigenvalue weighted by molar-refractivity contribution is 6.41. The van der Waals surface area contributed by atoms with Crippen molar-refractivity contribution in [1.29, 1.82) is 0 Å². The Morgan fingerprint density at radius 1 is 1.60 bits per heavy atom. The van der Waals surface area contributed by atoms with Gasteiger partial charge in [-0.3, -0.25) is 4.79 Å². The highest BCUT2D eigenvalue weighted by Crippen LogP contribution is 2.21. The molecule has 1 rings (SSSR count). The summed E-state index contributed by atoms with van der Waals surface area (Å²) in [6.07, 6.45) is 0. The minimum Gasteiger partial charge on any atom is -0.394 e. The normalized spacial score (nSPS) is 11.5. The second-order valence-corrected chi connectivity index (χ2v) is 4.63. The summed E-state index contributed by atoms with van der Waals surface area (Å²) < 4.78 is 0. The number of halogens is 2. The fraction of sp³-hybridized carbons (Fsp3) is 0.444. The Hall–Kier alpha value is -0.710. The molecule has 4 nitrogen and oxygen atoms in total. The molecule has 0 aliphatic heterocycles. The maximum Gasteiger partial charge on any atom is 0.268 e. The van der Waals surface area contributed by atoms with Gasteiger partial charge in [0.1, 0.15) is 10.8 Å². The molecule has 0 unspecified atom stereocenters. The van der Waals surface area contributed by atoms with Gasteiger partial charge in [0.25, 0.3) is 5.91 Å². The van der Waals surface area contributed by atoms with Crippen LogP contribution in [0.2, 0.25) is 10.2 Å². The number of aromatic nitrogens is 1. The summed E-state index contributed by atoms with van der Waals surface area (Å²) in [6, 6.07) is 1.44. The first kappa shape index (κ1) is 12.4. The molecule has 6 heteroatoms. The standard InChI is InChI=1S/C9H12Cl2N2O2/c1-9(2,4-14)13-8(15)6-3-5(10)7(11)12-6/h3,12,14H,4H2,1-2H3,(H,13,15). The molecule has 0 saturated heterocycles. The van der Waals surface area contributed by atoms with E-state index in [1.807, 2.05) is 0 Å². The van der Waals surface area contributed by atoms with Crippen LogP contribution in [0.5, 0.6) is 0 Å². The summed E-state index contributed by atoms with van der Waals surface area (Å²) in [6.45, 7) is 3.26. The molecular formula is C9H12Cl2N2O2. The van der Waals surface area contributed by atoms with Crippen LogP contribution in [0.3, 0.4) is 0 Å². The van der Waals surface area contributed by atoms with E-state index in [1.54, 1.807) is 13.8 Å². The SMILES string of the molecule is CC(C)(CO)NC(=O)c1cc(Cl)c(Cl)[nH]1. The van der Waals surface area contributed by atoms with Gasteiger partial charge in [-0.2, -0.15) is 0 Å². The van der Waals surface area contributed by atoms with Gasteiger partial charge >= 0.3 is 0 Å². The zero-order chi connectivity index (χ0) is 11.6. The number of amides is 1. The maximum absolute atomic E-state index is 11.6. The van der Waals surface area contributed by atoms with Gasteiger partial charge in [0, 0.05) is 0 Å². The number of rotatable bonds is 3. The van der Waals surface area contributed by atoms with Gasteiger partial charge in [-0.1, -0.05) is 23.2 Å². The second kappa shape index (κ2) is 4.43. The smallest absolute Gasteiger partial charge is 0.268 e. The Morgan fingerprint density at radius 2 is 2.20 bits per heavy atom. The average molecular weight is 251 g/mol. The first-order valence-electron chi connectivity index (χ1n) is 4.33. The second-order valence-electron chi connectivity index (χ2n) is 3.84. The Kier molecular flexibility index (Phi) is 3.65. The molecule has 3 N–H and O–H groups in total. The maximum atomic E-state index is 11.6. The molecular weight excluding hydrogens is 239 g/mol. The van der Waals surface area contributed by atoms with Crippen molar-refractivity contribution in [2.45, 2.75) is 19.4 Å². The Bertz CT molecular complexity index is 355. The quantitative estimate of drug-likeness (QED) is 0.767. The van der Waals surface area contributed by atoms with E-state index in [4.69, 9.17) is 28.3 Å². The van der Waals surface area contributed by atoms with Crippen LogP contribution in [0.1, 0.15) is 24.3 Å². The number of aliphatic hydroxyl groups is 1. The third kappa shape index (κ3) is 3.12. The van der Waals surface area contributed by atoms with Gasteiger partial charge in [0.2, 0.25) is 0 Å². The number of aromatic amines is 1. The molecule has 0 aromatic carbocycles. The van der Waals surface area contributed by atoms with Crippen molar-refractivity contribution in [1.82, 2.24) is 10.3 Å². The summed E-state index contributed by atoms with van der Waals surface area (Å²) in [5.41, 5.74) is -0.409. The topological polar surface area (TPSA) is 65.1 Å². The van der Waals surface area contributed by atoms with Gasteiger partial charge in [-0.25, -0.2) is 0 Å². The summed E-state index contributed by atoms with van der Waals surface area (Å²) >= 11 is 11.3. The molecule has 1 aromatic heterocycles. The van der Waals surface area contributed by atoms with E-state index in [-0.39, 0.29) is 23.4 Å². The van der Waals surface area contributed by atoms with Gasteiger partial charge < -0.3 is 15.4 Å². The lowest BCUT2D eigenvalue weighted by Gasteiger charge is -2.22. The largest absolute Gasteiger partial charge is 0.394 e. The number of hydrogen-bond donors (Lipinski definition) is 3. The Morgan fingerprint density at radius 3 is 2.60 bits per heavy atom. The Balaban J connectivity index is 2.78. The van der Waals surface area contributed by atoms with Crippen molar-refractivity contribution in [3.05, 3.63) is 21.9 Å². The van der Waals surface area contributed by atoms with Crippen molar-refractivity contribution in [2.24, 2.45) is 0 Å². The predicted molar refractivity (Wildman–Crippen MR) is 59.4 cm³/mol. The van der Waals surface area contributed by atoms with E-state index in [0.29, 0.717) is 5.02 Å².